The maximum Gasteiger partial charge on any atom is 0.261 e. The topological polar surface area (TPSA) is 38.3 Å². The van der Waals surface area contributed by atoms with Crippen LogP contribution in [0.3, 0.4) is 0 Å². The molecule has 0 saturated heterocycles. The molecule has 2 aromatic rings. The monoisotopic (exact) mass is 335 g/mol. The van der Waals surface area contributed by atoms with Crippen molar-refractivity contribution in [2.24, 2.45) is 0 Å². The quantitative estimate of drug-likeness (QED) is 0.807. The summed E-state index contributed by atoms with van der Waals surface area (Å²) in [6, 6.07) is 4.25. The van der Waals surface area contributed by atoms with Gasteiger partial charge in [-0.05, 0) is 56.2 Å². The van der Waals surface area contributed by atoms with Crippen LogP contribution in [0, 0.1) is 0 Å². The van der Waals surface area contributed by atoms with Gasteiger partial charge >= 0.3 is 0 Å². The first kappa shape index (κ1) is 15.7. The van der Waals surface area contributed by atoms with Gasteiger partial charge in [0.25, 0.3) is 5.91 Å². The van der Waals surface area contributed by atoms with E-state index in [0.29, 0.717) is 13.2 Å². The van der Waals surface area contributed by atoms with Crippen LogP contribution in [0.25, 0.3) is 10.4 Å². The average molecular weight is 335 g/mol. The van der Waals surface area contributed by atoms with Gasteiger partial charge in [-0.15, -0.1) is 22.7 Å². The molecule has 0 aliphatic heterocycles. The van der Waals surface area contributed by atoms with Crippen LogP contribution in [0.2, 0.25) is 0 Å². The second-order valence-corrected chi connectivity index (χ2v) is 7.80. The van der Waals surface area contributed by atoms with Crippen LogP contribution >= 0.6 is 22.7 Å². The molecule has 0 unspecified atom stereocenters. The third-order valence-electron chi connectivity index (χ3n) is 3.70. The highest BCUT2D eigenvalue weighted by atomic mass is 32.1. The van der Waals surface area contributed by atoms with E-state index < -0.39 is 0 Å². The van der Waals surface area contributed by atoms with E-state index in [-0.39, 0.29) is 12.0 Å². The smallest absolute Gasteiger partial charge is 0.261 e. The molecule has 118 valence electrons. The Balaban J connectivity index is 1.59. The van der Waals surface area contributed by atoms with Gasteiger partial charge in [-0.2, -0.15) is 0 Å². The van der Waals surface area contributed by atoms with Crippen molar-refractivity contribution in [3.05, 3.63) is 32.8 Å². The number of rotatable bonds is 6. The first-order valence-electron chi connectivity index (χ1n) is 7.74. The first-order valence-corrected chi connectivity index (χ1v) is 9.44. The van der Waals surface area contributed by atoms with Crippen LogP contribution in [-0.4, -0.2) is 25.2 Å². The number of ether oxygens (including phenoxy) is 1. The lowest BCUT2D eigenvalue weighted by Crippen LogP contribution is -2.24. The number of hydrogen-bond donors (Lipinski definition) is 1. The van der Waals surface area contributed by atoms with Crippen LogP contribution in [0.1, 0.15) is 40.4 Å². The van der Waals surface area contributed by atoms with Crippen molar-refractivity contribution in [3.63, 3.8) is 0 Å². The fourth-order valence-electron chi connectivity index (χ4n) is 2.62. The van der Waals surface area contributed by atoms with Gasteiger partial charge in [0.05, 0.1) is 11.0 Å². The molecule has 0 aromatic carbocycles. The predicted molar refractivity (Wildman–Crippen MR) is 93.1 cm³/mol. The molecule has 0 bridgehead atoms. The van der Waals surface area contributed by atoms with E-state index in [2.05, 4.69) is 22.8 Å². The molecule has 1 aliphatic rings. The van der Waals surface area contributed by atoms with E-state index in [4.69, 9.17) is 4.74 Å². The van der Waals surface area contributed by atoms with Crippen molar-refractivity contribution in [2.75, 3.05) is 13.2 Å². The SMILES string of the molecule is CC(C)OCCCNC(=O)c1cc2c(s1)-c1ccsc1CC2. The molecule has 0 radical (unpaired) electrons. The normalized spacial score (nSPS) is 13.0. The lowest BCUT2D eigenvalue weighted by Gasteiger charge is -2.10. The maximum atomic E-state index is 12.3. The number of amides is 1. The van der Waals surface area contributed by atoms with Gasteiger partial charge in [-0.25, -0.2) is 0 Å². The summed E-state index contributed by atoms with van der Waals surface area (Å²) >= 11 is 3.44. The highest BCUT2D eigenvalue weighted by Crippen LogP contribution is 2.41. The lowest BCUT2D eigenvalue weighted by atomic mass is 9.98. The minimum absolute atomic E-state index is 0.0423. The molecule has 0 fully saturated rings. The summed E-state index contributed by atoms with van der Waals surface area (Å²) in [5, 5.41) is 5.14. The summed E-state index contributed by atoms with van der Waals surface area (Å²) in [4.78, 5) is 15.8. The summed E-state index contributed by atoms with van der Waals surface area (Å²) in [5.41, 5.74) is 2.66. The fourth-order valence-corrected chi connectivity index (χ4v) is 4.75. The Morgan fingerprint density at radius 2 is 2.27 bits per heavy atom. The Kier molecular flexibility index (Phi) is 4.96. The molecule has 0 saturated carbocycles. The molecular weight excluding hydrogens is 314 g/mol. The number of thiophene rings is 2. The van der Waals surface area contributed by atoms with Crippen molar-refractivity contribution in [1.29, 1.82) is 0 Å². The molecule has 1 N–H and O–H groups in total. The standard InChI is InChI=1S/C17H21NO2S2/c1-11(2)20-8-3-7-18-17(19)15-10-12-4-5-14-13(6-9-21-14)16(12)22-15/h6,9-11H,3-5,7-8H2,1-2H3,(H,18,19). The Morgan fingerprint density at radius 1 is 1.41 bits per heavy atom. The van der Waals surface area contributed by atoms with Gasteiger partial charge in [0.15, 0.2) is 0 Å². The molecule has 22 heavy (non-hydrogen) atoms. The molecule has 0 atom stereocenters. The van der Waals surface area contributed by atoms with Crippen molar-refractivity contribution in [3.8, 4) is 10.4 Å². The number of carbonyl (C=O) groups excluding carboxylic acids is 1. The molecule has 3 nitrogen and oxygen atoms in total. The van der Waals surface area contributed by atoms with Gasteiger partial charge < -0.3 is 10.1 Å². The predicted octanol–water partition coefficient (Wildman–Crippen LogP) is 4.12. The minimum Gasteiger partial charge on any atom is -0.379 e. The second kappa shape index (κ2) is 6.94. The van der Waals surface area contributed by atoms with E-state index in [1.54, 1.807) is 11.3 Å². The highest BCUT2D eigenvalue weighted by molar-refractivity contribution is 7.18. The van der Waals surface area contributed by atoms with Crippen LogP contribution < -0.4 is 5.32 Å². The zero-order valence-electron chi connectivity index (χ0n) is 13.0. The van der Waals surface area contributed by atoms with Crippen LogP contribution in [-0.2, 0) is 17.6 Å². The van der Waals surface area contributed by atoms with Gasteiger partial charge in [-0.3, -0.25) is 4.79 Å². The summed E-state index contributed by atoms with van der Waals surface area (Å²) < 4.78 is 5.48. The summed E-state index contributed by atoms with van der Waals surface area (Å²) in [6.45, 7) is 5.40. The Hall–Kier alpha value is -1.17. The van der Waals surface area contributed by atoms with Crippen LogP contribution in [0.15, 0.2) is 17.5 Å². The third-order valence-corrected chi connectivity index (χ3v) is 5.89. The van der Waals surface area contributed by atoms with Crippen LogP contribution in [0.4, 0.5) is 0 Å². The largest absolute Gasteiger partial charge is 0.379 e. The van der Waals surface area contributed by atoms with E-state index >= 15 is 0 Å². The molecular formula is C17H21NO2S2. The minimum atomic E-state index is 0.0423. The molecule has 5 heteroatoms. The second-order valence-electron chi connectivity index (χ2n) is 5.75. The average Bonchev–Trinajstić information content (AvgIpc) is 3.11. The van der Waals surface area contributed by atoms with E-state index in [1.165, 1.54) is 20.9 Å². The molecule has 2 heterocycles. The first-order chi connectivity index (χ1) is 10.6. The summed E-state index contributed by atoms with van der Waals surface area (Å²) in [6.07, 6.45) is 3.25. The van der Waals surface area contributed by atoms with Gasteiger partial charge in [-0.1, -0.05) is 0 Å². The number of aryl methyl sites for hydroxylation is 2. The number of nitrogens with one attached hydrogen (secondary N) is 1. The molecule has 1 aliphatic carbocycles. The molecule has 3 rings (SSSR count). The molecule has 0 spiro atoms. The van der Waals surface area contributed by atoms with E-state index in [1.807, 2.05) is 25.2 Å². The van der Waals surface area contributed by atoms with E-state index in [0.717, 1.165) is 24.1 Å². The molecule has 1 amide bonds. The Bertz CT molecular complexity index is 657. The zero-order valence-corrected chi connectivity index (χ0v) is 14.6. The van der Waals surface area contributed by atoms with Crippen LogP contribution in [0.5, 0.6) is 0 Å². The number of fused-ring (bicyclic) bond motifs is 3. The number of carbonyl (C=O) groups is 1. The van der Waals surface area contributed by atoms with Gasteiger partial charge in [0, 0.05) is 28.5 Å². The zero-order chi connectivity index (χ0) is 15.5. The highest BCUT2D eigenvalue weighted by Gasteiger charge is 2.22. The fraction of sp³-hybridized carbons (Fsp3) is 0.471. The van der Waals surface area contributed by atoms with Gasteiger partial charge in [0.2, 0.25) is 0 Å². The third kappa shape index (κ3) is 3.42. The summed E-state index contributed by atoms with van der Waals surface area (Å²) in [7, 11) is 0. The number of hydrogen-bond acceptors (Lipinski definition) is 4. The molecule has 2 aromatic heterocycles. The Labute approximate surface area is 139 Å². The van der Waals surface area contributed by atoms with Gasteiger partial charge in [0.1, 0.15) is 0 Å². The summed E-state index contributed by atoms with van der Waals surface area (Å²) in [5.74, 6) is 0.0423. The lowest BCUT2D eigenvalue weighted by molar-refractivity contribution is 0.0757. The van der Waals surface area contributed by atoms with Crippen molar-refractivity contribution < 1.29 is 9.53 Å². The van der Waals surface area contributed by atoms with E-state index in [9.17, 15) is 4.79 Å². The van der Waals surface area contributed by atoms with Crippen molar-refractivity contribution in [1.82, 2.24) is 5.32 Å². The van der Waals surface area contributed by atoms with Crippen molar-refractivity contribution in [2.45, 2.75) is 39.2 Å². The van der Waals surface area contributed by atoms with Crippen molar-refractivity contribution >= 4 is 28.6 Å². The Morgan fingerprint density at radius 3 is 3.09 bits per heavy atom. The maximum absolute atomic E-state index is 12.3.